The maximum absolute atomic E-state index is 12.1. The van der Waals surface area contributed by atoms with Crippen molar-refractivity contribution in [1.82, 2.24) is 0 Å². The molecule has 1 heterocycles. The average molecular weight is 180 g/mol. The van der Waals surface area contributed by atoms with Crippen molar-refractivity contribution < 1.29 is 17.9 Å². The van der Waals surface area contributed by atoms with Gasteiger partial charge in [0.1, 0.15) is 0 Å². The molecule has 0 spiro atoms. The SMILES string of the molecule is CC1=CCC(C(F)(F)F)OCC1. The summed E-state index contributed by atoms with van der Waals surface area (Å²) in [6.45, 7) is 1.99. The van der Waals surface area contributed by atoms with Crippen LogP contribution in [0.4, 0.5) is 13.2 Å². The van der Waals surface area contributed by atoms with E-state index in [1.54, 1.807) is 6.08 Å². The van der Waals surface area contributed by atoms with Crippen LogP contribution in [0.15, 0.2) is 11.6 Å². The molecule has 1 rings (SSSR count). The van der Waals surface area contributed by atoms with E-state index in [-0.39, 0.29) is 13.0 Å². The molecule has 0 saturated heterocycles. The van der Waals surface area contributed by atoms with E-state index >= 15 is 0 Å². The Kier molecular flexibility index (Phi) is 2.77. The molecular weight excluding hydrogens is 169 g/mol. The Bertz CT molecular complexity index is 183. The summed E-state index contributed by atoms with van der Waals surface area (Å²) in [5, 5.41) is 0. The fraction of sp³-hybridized carbons (Fsp3) is 0.750. The molecule has 1 atom stereocenters. The summed E-state index contributed by atoms with van der Waals surface area (Å²) in [5.74, 6) is 0. The van der Waals surface area contributed by atoms with Crippen molar-refractivity contribution in [3.8, 4) is 0 Å². The number of alkyl halides is 3. The van der Waals surface area contributed by atoms with Gasteiger partial charge in [-0.15, -0.1) is 0 Å². The van der Waals surface area contributed by atoms with Crippen molar-refractivity contribution in [3.05, 3.63) is 11.6 Å². The summed E-state index contributed by atoms with van der Waals surface area (Å²) in [6.07, 6.45) is -3.66. The van der Waals surface area contributed by atoms with E-state index in [1.807, 2.05) is 6.92 Å². The van der Waals surface area contributed by atoms with E-state index in [0.717, 1.165) is 5.57 Å². The fourth-order valence-corrected chi connectivity index (χ4v) is 1.07. The van der Waals surface area contributed by atoms with Crippen LogP contribution in [0.3, 0.4) is 0 Å². The molecule has 0 saturated carbocycles. The standard InChI is InChI=1S/C8H11F3O/c1-6-2-3-7(8(9,10)11)12-5-4-6/h2,7H,3-5H2,1H3. The van der Waals surface area contributed by atoms with E-state index in [2.05, 4.69) is 4.74 Å². The third-order valence-corrected chi connectivity index (χ3v) is 1.86. The lowest BCUT2D eigenvalue weighted by Crippen LogP contribution is -2.30. The van der Waals surface area contributed by atoms with Gasteiger partial charge in [0.15, 0.2) is 6.10 Å². The Hall–Kier alpha value is -0.510. The lowest BCUT2D eigenvalue weighted by molar-refractivity contribution is -0.217. The van der Waals surface area contributed by atoms with Gasteiger partial charge >= 0.3 is 6.18 Å². The van der Waals surface area contributed by atoms with Crippen LogP contribution in [0.2, 0.25) is 0 Å². The second kappa shape index (κ2) is 3.47. The molecule has 70 valence electrons. The maximum atomic E-state index is 12.1. The van der Waals surface area contributed by atoms with Crippen molar-refractivity contribution in [2.75, 3.05) is 6.61 Å². The molecule has 0 aromatic carbocycles. The number of halogens is 3. The topological polar surface area (TPSA) is 9.23 Å². The summed E-state index contributed by atoms with van der Waals surface area (Å²) in [4.78, 5) is 0. The lowest BCUT2D eigenvalue weighted by atomic mass is 10.1. The molecule has 0 aromatic rings. The Labute approximate surface area is 69.2 Å². The molecule has 0 N–H and O–H groups in total. The van der Waals surface area contributed by atoms with Crippen LogP contribution in [0.5, 0.6) is 0 Å². The van der Waals surface area contributed by atoms with E-state index < -0.39 is 12.3 Å². The molecule has 1 unspecified atom stereocenters. The van der Waals surface area contributed by atoms with Crippen molar-refractivity contribution in [1.29, 1.82) is 0 Å². The average Bonchev–Trinajstić information content (AvgIpc) is 2.11. The Morgan fingerprint density at radius 2 is 2.17 bits per heavy atom. The zero-order valence-corrected chi connectivity index (χ0v) is 6.82. The second-order valence-corrected chi connectivity index (χ2v) is 2.94. The summed E-state index contributed by atoms with van der Waals surface area (Å²) in [5.41, 5.74) is 0.974. The lowest BCUT2D eigenvalue weighted by Gasteiger charge is -2.17. The molecule has 0 aromatic heterocycles. The third-order valence-electron chi connectivity index (χ3n) is 1.86. The maximum Gasteiger partial charge on any atom is 0.414 e. The zero-order chi connectivity index (χ0) is 9.19. The van der Waals surface area contributed by atoms with E-state index in [1.165, 1.54) is 0 Å². The Balaban J connectivity index is 2.58. The number of hydrogen-bond acceptors (Lipinski definition) is 1. The molecule has 1 aliphatic heterocycles. The van der Waals surface area contributed by atoms with Crippen molar-refractivity contribution in [2.45, 2.75) is 32.0 Å². The Morgan fingerprint density at radius 3 is 2.75 bits per heavy atom. The van der Waals surface area contributed by atoms with Gasteiger partial charge < -0.3 is 4.74 Å². The van der Waals surface area contributed by atoms with E-state index in [9.17, 15) is 13.2 Å². The highest BCUT2D eigenvalue weighted by atomic mass is 19.4. The molecule has 0 aliphatic carbocycles. The van der Waals surface area contributed by atoms with Gasteiger partial charge in [-0.3, -0.25) is 0 Å². The predicted molar refractivity (Wildman–Crippen MR) is 38.8 cm³/mol. The van der Waals surface area contributed by atoms with Crippen LogP contribution < -0.4 is 0 Å². The van der Waals surface area contributed by atoms with Gasteiger partial charge in [-0.25, -0.2) is 0 Å². The van der Waals surface area contributed by atoms with Gasteiger partial charge in [-0.2, -0.15) is 13.2 Å². The number of ether oxygens (including phenoxy) is 1. The molecule has 0 bridgehead atoms. The predicted octanol–water partition coefficient (Wildman–Crippen LogP) is 2.67. The molecule has 1 nitrogen and oxygen atoms in total. The van der Waals surface area contributed by atoms with Crippen molar-refractivity contribution in [2.24, 2.45) is 0 Å². The quantitative estimate of drug-likeness (QED) is 0.521. The molecule has 12 heavy (non-hydrogen) atoms. The van der Waals surface area contributed by atoms with Crippen LogP contribution in [0.25, 0.3) is 0 Å². The zero-order valence-electron chi connectivity index (χ0n) is 6.82. The molecular formula is C8H11F3O. The monoisotopic (exact) mass is 180 g/mol. The Morgan fingerprint density at radius 1 is 1.50 bits per heavy atom. The third kappa shape index (κ3) is 2.52. The van der Waals surface area contributed by atoms with Gasteiger partial charge in [0, 0.05) is 6.42 Å². The van der Waals surface area contributed by atoms with Crippen molar-refractivity contribution in [3.63, 3.8) is 0 Å². The van der Waals surface area contributed by atoms with Crippen LogP contribution in [-0.2, 0) is 4.74 Å². The van der Waals surface area contributed by atoms with Crippen LogP contribution in [0.1, 0.15) is 19.8 Å². The first-order chi connectivity index (χ1) is 5.50. The fourth-order valence-electron chi connectivity index (χ4n) is 1.07. The van der Waals surface area contributed by atoms with Gasteiger partial charge in [0.05, 0.1) is 6.61 Å². The normalized spacial score (nSPS) is 26.3. The molecule has 0 radical (unpaired) electrons. The summed E-state index contributed by atoms with van der Waals surface area (Å²) in [6, 6.07) is 0. The van der Waals surface area contributed by atoms with Crippen LogP contribution in [0, 0.1) is 0 Å². The minimum atomic E-state index is -4.22. The molecule has 0 fully saturated rings. The van der Waals surface area contributed by atoms with Crippen LogP contribution >= 0.6 is 0 Å². The van der Waals surface area contributed by atoms with Gasteiger partial charge in [-0.1, -0.05) is 11.6 Å². The highest BCUT2D eigenvalue weighted by molar-refractivity contribution is 5.01. The van der Waals surface area contributed by atoms with Crippen LogP contribution in [-0.4, -0.2) is 18.9 Å². The van der Waals surface area contributed by atoms with Crippen molar-refractivity contribution >= 4 is 0 Å². The molecule has 0 amide bonds. The summed E-state index contributed by atoms with van der Waals surface area (Å²) < 4.78 is 40.9. The number of hydrogen-bond donors (Lipinski definition) is 0. The summed E-state index contributed by atoms with van der Waals surface area (Å²) >= 11 is 0. The summed E-state index contributed by atoms with van der Waals surface area (Å²) in [7, 11) is 0. The molecule has 1 aliphatic rings. The first-order valence-corrected chi connectivity index (χ1v) is 3.84. The smallest absolute Gasteiger partial charge is 0.368 e. The first-order valence-electron chi connectivity index (χ1n) is 3.84. The second-order valence-electron chi connectivity index (χ2n) is 2.94. The highest BCUT2D eigenvalue weighted by Crippen LogP contribution is 2.28. The largest absolute Gasteiger partial charge is 0.414 e. The molecule has 4 heteroatoms. The minimum absolute atomic E-state index is 0.0463. The van der Waals surface area contributed by atoms with Gasteiger partial charge in [-0.05, 0) is 13.3 Å². The van der Waals surface area contributed by atoms with Gasteiger partial charge in [0.2, 0.25) is 0 Å². The minimum Gasteiger partial charge on any atom is -0.368 e. The first kappa shape index (κ1) is 9.58. The number of rotatable bonds is 0. The highest BCUT2D eigenvalue weighted by Gasteiger charge is 2.40. The van der Waals surface area contributed by atoms with E-state index in [4.69, 9.17) is 0 Å². The van der Waals surface area contributed by atoms with Gasteiger partial charge in [0.25, 0.3) is 0 Å². The van der Waals surface area contributed by atoms with E-state index in [0.29, 0.717) is 6.42 Å².